The molecule has 0 saturated carbocycles. The average molecular weight is 149 g/mol. The summed E-state index contributed by atoms with van der Waals surface area (Å²) in [7, 11) is 0. The second-order valence-electron chi connectivity index (χ2n) is 3.42. The first-order valence-corrected chi connectivity index (χ1v) is 4.33. The standard InChI is InChI=1S/C11H16/c1-10(2)8-9-11-6-4-3-5-7-11/h3-7,10H,8-9H2,1-2H3/p+1. The molecule has 0 nitrogen and oxygen atoms in total. The Morgan fingerprint density at radius 1 is 1.18 bits per heavy atom. The molecule has 0 unspecified atom stereocenters. The van der Waals surface area contributed by atoms with Crippen molar-refractivity contribution >= 4 is 0 Å². The lowest BCUT2D eigenvalue weighted by atomic mass is 10.0. The first-order chi connectivity index (χ1) is 5.29. The van der Waals surface area contributed by atoms with Crippen molar-refractivity contribution in [3.8, 4) is 0 Å². The number of hydrogen-bond acceptors (Lipinski definition) is 0. The SMILES string of the molecule is CC(C)CCc1ccccc1.[H+]. The minimum absolute atomic E-state index is 0. The molecule has 60 valence electrons. The van der Waals surface area contributed by atoms with Crippen LogP contribution in [0.4, 0.5) is 0 Å². The number of aryl methyl sites for hydroxylation is 1. The molecule has 0 heterocycles. The van der Waals surface area contributed by atoms with Gasteiger partial charge in [-0.15, -0.1) is 0 Å². The van der Waals surface area contributed by atoms with Gasteiger partial charge in [-0.2, -0.15) is 0 Å². The molecule has 0 aliphatic rings. The molecule has 0 saturated heterocycles. The Morgan fingerprint density at radius 3 is 2.36 bits per heavy atom. The van der Waals surface area contributed by atoms with Gasteiger partial charge in [0.25, 0.3) is 0 Å². The van der Waals surface area contributed by atoms with E-state index >= 15 is 0 Å². The smallest absolute Gasteiger partial charge is 0.0628 e. The second kappa shape index (κ2) is 4.17. The lowest BCUT2D eigenvalue weighted by Crippen LogP contribution is -1.91. The normalized spacial score (nSPS) is 10.5. The molecular formula is C11H17+. The van der Waals surface area contributed by atoms with Crippen molar-refractivity contribution in [2.75, 3.05) is 0 Å². The number of rotatable bonds is 3. The van der Waals surface area contributed by atoms with Gasteiger partial charge in [0.15, 0.2) is 0 Å². The molecular weight excluding hydrogens is 132 g/mol. The Balaban J connectivity index is 0.00000121. The van der Waals surface area contributed by atoms with Gasteiger partial charge in [-0.05, 0) is 24.3 Å². The van der Waals surface area contributed by atoms with Gasteiger partial charge in [0.2, 0.25) is 0 Å². The largest absolute Gasteiger partial charge is 1.00 e. The molecule has 0 radical (unpaired) electrons. The van der Waals surface area contributed by atoms with Crippen LogP contribution in [0.2, 0.25) is 0 Å². The molecule has 0 fully saturated rings. The first kappa shape index (κ1) is 8.32. The fourth-order valence-electron chi connectivity index (χ4n) is 1.10. The molecule has 1 rings (SSSR count). The van der Waals surface area contributed by atoms with Crippen molar-refractivity contribution in [2.24, 2.45) is 5.92 Å². The molecule has 0 heteroatoms. The van der Waals surface area contributed by atoms with Crippen LogP contribution in [0.3, 0.4) is 0 Å². The summed E-state index contributed by atoms with van der Waals surface area (Å²) in [5.74, 6) is 0.815. The molecule has 0 bridgehead atoms. The van der Waals surface area contributed by atoms with Crippen molar-refractivity contribution in [3.63, 3.8) is 0 Å². The summed E-state index contributed by atoms with van der Waals surface area (Å²) >= 11 is 0. The highest BCUT2D eigenvalue weighted by Gasteiger charge is 1.94. The van der Waals surface area contributed by atoms with Crippen molar-refractivity contribution in [1.29, 1.82) is 0 Å². The molecule has 0 spiro atoms. The van der Waals surface area contributed by atoms with E-state index in [4.69, 9.17) is 0 Å². The summed E-state index contributed by atoms with van der Waals surface area (Å²) in [5, 5.41) is 0. The third-order valence-corrected chi connectivity index (χ3v) is 1.85. The molecule has 0 N–H and O–H groups in total. The quantitative estimate of drug-likeness (QED) is 0.618. The van der Waals surface area contributed by atoms with Crippen LogP contribution in [0.15, 0.2) is 30.3 Å². The Kier molecular flexibility index (Phi) is 3.15. The van der Waals surface area contributed by atoms with E-state index in [-0.39, 0.29) is 1.43 Å². The van der Waals surface area contributed by atoms with E-state index in [1.807, 2.05) is 0 Å². The molecule has 0 atom stereocenters. The van der Waals surface area contributed by atoms with Crippen LogP contribution in [-0.2, 0) is 6.42 Å². The molecule has 11 heavy (non-hydrogen) atoms. The van der Waals surface area contributed by atoms with Gasteiger partial charge in [0.05, 0.1) is 0 Å². The third kappa shape index (κ3) is 3.22. The highest BCUT2D eigenvalue weighted by molar-refractivity contribution is 5.14. The summed E-state index contributed by atoms with van der Waals surface area (Å²) in [6.07, 6.45) is 2.52. The van der Waals surface area contributed by atoms with E-state index in [1.165, 1.54) is 18.4 Å². The van der Waals surface area contributed by atoms with Gasteiger partial charge in [0.1, 0.15) is 0 Å². The maximum atomic E-state index is 2.27. The van der Waals surface area contributed by atoms with E-state index < -0.39 is 0 Å². The first-order valence-electron chi connectivity index (χ1n) is 4.33. The zero-order valence-electron chi connectivity index (χ0n) is 8.38. The fraction of sp³-hybridized carbons (Fsp3) is 0.455. The lowest BCUT2D eigenvalue weighted by molar-refractivity contribution is 0.587. The molecule has 1 aromatic rings. The van der Waals surface area contributed by atoms with Crippen LogP contribution in [0.5, 0.6) is 0 Å². The van der Waals surface area contributed by atoms with Crippen LogP contribution in [0, 0.1) is 5.92 Å². The maximum absolute atomic E-state index is 2.27. The summed E-state index contributed by atoms with van der Waals surface area (Å²) < 4.78 is 0. The Hall–Kier alpha value is -0.780. The average Bonchev–Trinajstić information content (AvgIpc) is 2.03. The van der Waals surface area contributed by atoms with Crippen molar-refractivity contribution in [3.05, 3.63) is 35.9 Å². The van der Waals surface area contributed by atoms with Crippen LogP contribution >= 0.6 is 0 Å². The third-order valence-electron chi connectivity index (χ3n) is 1.85. The zero-order valence-corrected chi connectivity index (χ0v) is 7.38. The molecule has 0 aromatic heterocycles. The van der Waals surface area contributed by atoms with Gasteiger partial charge >= 0.3 is 1.43 Å². The van der Waals surface area contributed by atoms with Crippen LogP contribution < -0.4 is 0 Å². The van der Waals surface area contributed by atoms with Gasteiger partial charge in [-0.3, -0.25) is 0 Å². The second-order valence-corrected chi connectivity index (χ2v) is 3.42. The Labute approximate surface area is 70.7 Å². The Morgan fingerprint density at radius 2 is 1.82 bits per heavy atom. The predicted molar refractivity (Wildman–Crippen MR) is 50.7 cm³/mol. The monoisotopic (exact) mass is 149 g/mol. The zero-order chi connectivity index (χ0) is 8.10. The molecule has 0 aliphatic carbocycles. The lowest BCUT2D eigenvalue weighted by Gasteiger charge is -2.03. The number of benzene rings is 1. The summed E-state index contributed by atoms with van der Waals surface area (Å²) in [4.78, 5) is 0. The maximum Gasteiger partial charge on any atom is 1.00 e. The van der Waals surface area contributed by atoms with E-state index in [0.29, 0.717) is 0 Å². The van der Waals surface area contributed by atoms with Crippen LogP contribution in [-0.4, -0.2) is 0 Å². The minimum Gasteiger partial charge on any atom is -0.0628 e. The minimum atomic E-state index is 0. The molecule has 1 aromatic carbocycles. The van der Waals surface area contributed by atoms with Crippen LogP contribution in [0.1, 0.15) is 27.3 Å². The summed E-state index contributed by atoms with van der Waals surface area (Å²) in [5.41, 5.74) is 1.46. The van der Waals surface area contributed by atoms with Crippen molar-refractivity contribution in [1.82, 2.24) is 0 Å². The van der Waals surface area contributed by atoms with Crippen molar-refractivity contribution in [2.45, 2.75) is 26.7 Å². The van der Waals surface area contributed by atoms with Crippen LogP contribution in [0.25, 0.3) is 0 Å². The van der Waals surface area contributed by atoms with Gasteiger partial charge < -0.3 is 0 Å². The van der Waals surface area contributed by atoms with E-state index in [0.717, 1.165) is 5.92 Å². The Bertz CT molecular complexity index is 191. The number of hydrogen-bond donors (Lipinski definition) is 0. The topological polar surface area (TPSA) is 0 Å². The highest BCUT2D eigenvalue weighted by Crippen LogP contribution is 2.07. The predicted octanol–water partition coefficient (Wildman–Crippen LogP) is 3.39. The molecule has 0 amide bonds. The van der Waals surface area contributed by atoms with Crippen molar-refractivity contribution < 1.29 is 1.43 Å². The van der Waals surface area contributed by atoms with Gasteiger partial charge in [-0.1, -0.05) is 44.2 Å². The van der Waals surface area contributed by atoms with Gasteiger partial charge in [0, 0.05) is 0 Å². The summed E-state index contributed by atoms with van der Waals surface area (Å²) in [6, 6.07) is 10.7. The van der Waals surface area contributed by atoms with Gasteiger partial charge in [-0.25, -0.2) is 0 Å². The van der Waals surface area contributed by atoms with E-state index in [2.05, 4.69) is 44.2 Å². The highest BCUT2D eigenvalue weighted by atomic mass is 14.0. The fourth-order valence-corrected chi connectivity index (χ4v) is 1.10. The molecule has 0 aliphatic heterocycles. The van der Waals surface area contributed by atoms with E-state index in [1.54, 1.807) is 0 Å². The van der Waals surface area contributed by atoms with E-state index in [9.17, 15) is 0 Å². The summed E-state index contributed by atoms with van der Waals surface area (Å²) in [6.45, 7) is 4.53.